The number of pyridine rings is 2. The van der Waals surface area contributed by atoms with Gasteiger partial charge in [0.1, 0.15) is 0 Å². The summed E-state index contributed by atoms with van der Waals surface area (Å²) < 4.78 is 4.88. The van der Waals surface area contributed by atoms with Crippen LogP contribution in [0.25, 0.3) is 43.6 Å². The zero-order valence-corrected chi connectivity index (χ0v) is 28.6. The standard InChI is InChI=1S/C44H44N6/c1(13-25-45-29-39-43-37(23-27-47-39)35-19-9-11-21-41(35)49(43)31-33-15-5-3-6-16-33)2-14-26-46-30-40-44-38(24-28-48-40)36-20-10-12-22-42(36)50(44)32-34-17-7-4-8-18-34/h3-12,15-24,27-28,45-46H,1-2,13-14,25-26,29-32H2. The van der Waals surface area contributed by atoms with Gasteiger partial charge in [-0.2, -0.15) is 0 Å². The molecule has 0 amide bonds. The molecule has 0 atom stereocenters. The summed E-state index contributed by atoms with van der Waals surface area (Å²) in [7, 11) is 0. The van der Waals surface area contributed by atoms with Crippen LogP contribution in [0.5, 0.6) is 0 Å². The number of para-hydroxylation sites is 2. The lowest BCUT2D eigenvalue weighted by Gasteiger charge is -2.12. The van der Waals surface area contributed by atoms with Gasteiger partial charge in [0.15, 0.2) is 0 Å². The predicted molar refractivity (Wildman–Crippen MR) is 207 cm³/mol. The number of rotatable bonds is 15. The summed E-state index contributed by atoms with van der Waals surface area (Å²) in [6.07, 6.45) is 8.65. The van der Waals surface area contributed by atoms with E-state index < -0.39 is 0 Å². The van der Waals surface area contributed by atoms with E-state index in [1.165, 1.54) is 67.6 Å². The molecule has 0 saturated heterocycles. The number of hydrogen-bond acceptors (Lipinski definition) is 4. The van der Waals surface area contributed by atoms with Gasteiger partial charge in [0.25, 0.3) is 0 Å². The maximum atomic E-state index is 4.86. The number of nitrogens with one attached hydrogen (secondary N) is 2. The Kier molecular flexibility index (Phi) is 9.63. The molecule has 8 aromatic rings. The Morgan fingerprint density at radius 1 is 0.420 bits per heavy atom. The Balaban J connectivity index is 0.841. The van der Waals surface area contributed by atoms with Crippen LogP contribution < -0.4 is 10.6 Å². The number of benzene rings is 4. The van der Waals surface area contributed by atoms with Crippen LogP contribution >= 0.6 is 0 Å². The molecule has 8 rings (SSSR count). The second-order valence-corrected chi connectivity index (χ2v) is 13.3. The number of fused-ring (bicyclic) bond motifs is 6. The van der Waals surface area contributed by atoms with Crippen molar-refractivity contribution in [3.63, 3.8) is 0 Å². The molecule has 0 bridgehead atoms. The van der Waals surface area contributed by atoms with Crippen molar-refractivity contribution in [2.45, 2.75) is 51.9 Å². The zero-order chi connectivity index (χ0) is 33.5. The van der Waals surface area contributed by atoms with E-state index in [-0.39, 0.29) is 0 Å². The van der Waals surface area contributed by atoms with Crippen LogP contribution in [0.4, 0.5) is 0 Å². The first-order chi connectivity index (χ1) is 24.8. The molecular weight excluding hydrogens is 613 g/mol. The van der Waals surface area contributed by atoms with Gasteiger partial charge in [0, 0.05) is 71.2 Å². The van der Waals surface area contributed by atoms with Crippen LogP contribution in [-0.2, 0) is 26.2 Å². The number of hydrogen-bond donors (Lipinski definition) is 2. The minimum Gasteiger partial charge on any atom is -0.334 e. The van der Waals surface area contributed by atoms with Crippen LogP contribution in [-0.4, -0.2) is 32.2 Å². The van der Waals surface area contributed by atoms with Gasteiger partial charge in [0.2, 0.25) is 0 Å². The van der Waals surface area contributed by atoms with E-state index in [4.69, 9.17) is 9.97 Å². The third-order valence-corrected chi connectivity index (χ3v) is 9.92. The van der Waals surface area contributed by atoms with Gasteiger partial charge in [-0.05, 0) is 61.3 Å². The molecule has 6 heteroatoms. The molecule has 2 N–H and O–H groups in total. The molecule has 0 spiro atoms. The summed E-state index contributed by atoms with van der Waals surface area (Å²) >= 11 is 0. The fourth-order valence-electron chi connectivity index (χ4n) is 7.53. The van der Waals surface area contributed by atoms with E-state index >= 15 is 0 Å². The number of aromatic nitrogens is 4. The molecule has 4 aromatic heterocycles. The van der Waals surface area contributed by atoms with Crippen molar-refractivity contribution in [2.75, 3.05) is 13.1 Å². The van der Waals surface area contributed by atoms with Gasteiger partial charge < -0.3 is 19.8 Å². The van der Waals surface area contributed by atoms with E-state index in [1.807, 2.05) is 12.4 Å². The largest absolute Gasteiger partial charge is 0.334 e. The third kappa shape index (κ3) is 6.65. The van der Waals surface area contributed by atoms with E-state index in [1.54, 1.807) is 0 Å². The number of unbranched alkanes of at least 4 members (excludes halogenated alkanes) is 3. The van der Waals surface area contributed by atoms with Gasteiger partial charge in [-0.15, -0.1) is 0 Å². The third-order valence-electron chi connectivity index (χ3n) is 9.92. The lowest BCUT2D eigenvalue weighted by molar-refractivity contribution is 0.559. The second kappa shape index (κ2) is 15.1. The van der Waals surface area contributed by atoms with E-state index in [0.29, 0.717) is 0 Å². The molecule has 0 saturated carbocycles. The highest BCUT2D eigenvalue weighted by Crippen LogP contribution is 2.32. The van der Waals surface area contributed by atoms with E-state index in [0.717, 1.165) is 63.5 Å². The first-order valence-electron chi connectivity index (χ1n) is 18.0. The molecule has 0 radical (unpaired) electrons. The zero-order valence-electron chi connectivity index (χ0n) is 28.6. The molecule has 0 unspecified atom stereocenters. The van der Waals surface area contributed by atoms with Crippen LogP contribution in [0.1, 0.15) is 48.2 Å². The minimum atomic E-state index is 0.767. The first-order valence-corrected chi connectivity index (χ1v) is 18.0. The maximum absolute atomic E-state index is 4.86. The van der Waals surface area contributed by atoms with Crippen molar-refractivity contribution in [3.05, 3.63) is 156 Å². The summed E-state index contributed by atoms with van der Waals surface area (Å²) in [5.74, 6) is 0. The Hall–Kier alpha value is -5.30. The van der Waals surface area contributed by atoms with Crippen LogP contribution in [0.2, 0.25) is 0 Å². The fraction of sp³-hybridized carbons (Fsp3) is 0.227. The molecule has 4 aromatic carbocycles. The van der Waals surface area contributed by atoms with Crippen molar-refractivity contribution in [2.24, 2.45) is 0 Å². The monoisotopic (exact) mass is 656 g/mol. The molecule has 6 nitrogen and oxygen atoms in total. The molecule has 0 aliphatic carbocycles. The molecule has 4 heterocycles. The van der Waals surface area contributed by atoms with Gasteiger partial charge >= 0.3 is 0 Å². The highest BCUT2D eigenvalue weighted by atomic mass is 15.0. The Bertz CT molecular complexity index is 2170. The summed E-state index contributed by atoms with van der Waals surface area (Å²) in [6, 6.07) is 43.2. The normalized spacial score (nSPS) is 11.8. The van der Waals surface area contributed by atoms with Crippen LogP contribution in [0.15, 0.2) is 134 Å². The van der Waals surface area contributed by atoms with Gasteiger partial charge in [-0.3, -0.25) is 9.97 Å². The lowest BCUT2D eigenvalue weighted by atomic mass is 10.1. The minimum absolute atomic E-state index is 0.767. The van der Waals surface area contributed by atoms with Crippen molar-refractivity contribution in [1.29, 1.82) is 0 Å². The highest BCUT2D eigenvalue weighted by Gasteiger charge is 2.16. The average molecular weight is 657 g/mol. The van der Waals surface area contributed by atoms with E-state index in [9.17, 15) is 0 Å². The van der Waals surface area contributed by atoms with Crippen molar-refractivity contribution < 1.29 is 0 Å². The Morgan fingerprint density at radius 2 is 0.840 bits per heavy atom. The molecule has 0 aliphatic heterocycles. The van der Waals surface area contributed by atoms with Gasteiger partial charge in [-0.1, -0.05) is 110 Å². The van der Waals surface area contributed by atoms with Crippen molar-refractivity contribution in [1.82, 2.24) is 29.7 Å². The first kappa shape index (κ1) is 31.9. The fourth-order valence-corrected chi connectivity index (χ4v) is 7.53. The Labute approximate surface area is 293 Å². The predicted octanol–water partition coefficient (Wildman–Crippen LogP) is 9.23. The summed E-state index contributed by atoms with van der Waals surface area (Å²) in [4.78, 5) is 9.71. The molecule has 0 fully saturated rings. The quantitative estimate of drug-likeness (QED) is 0.108. The highest BCUT2D eigenvalue weighted by molar-refractivity contribution is 6.09. The molecular formula is C44H44N6. The maximum Gasteiger partial charge on any atom is 0.0784 e. The smallest absolute Gasteiger partial charge is 0.0784 e. The topological polar surface area (TPSA) is 59.7 Å². The van der Waals surface area contributed by atoms with Gasteiger partial charge in [-0.25, -0.2) is 0 Å². The summed E-state index contributed by atoms with van der Waals surface area (Å²) in [5, 5.41) is 12.5. The SMILES string of the molecule is c1ccc(Cn2c3ccccc3c3ccnc(CNCCCCCCNCc4nccc5c6ccccc6n(Cc6ccccc6)c45)c32)cc1. The summed E-state index contributed by atoms with van der Waals surface area (Å²) in [5.41, 5.74) is 9.82. The number of nitrogens with zero attached hydrogens (tertiary/aromatic N) is 4. The molecule has 50 heavy (non-hydrogen) atoms. The Morgan fingerprint density at radius 3 is 1.30 bits per heavy atom. The average Bonchev–Trinajstić information content (AvgIpc) is 3.66. The second-order valence-electron chi connectivity index (χ2n) is 13.3. The van der Waals surface area contributed by atoms with Crippen LogP contribution in [0, 0.1) is 0 Å². The summed E-state index contributed by atoms with van der Waals surface area (Å²) in [6.45, 7) is 5.18. The van der Waals surface area contributed by atoms with E-state index in [2.05, 4.69) is 141 Å². The van der Waals surface area contributed by atoms with Crippen molar-refractivity contribution in [3.8, 4) is 0 Å². The molecule has 0 aliphatic rings. The van der Waals surface area contributed by atoms with Gasteiger partial charge in [0.05, 0.1) is 22.4 Å². The van der Waals surface area contributed by atoms with Crippen LogP contribution in [0.3, 0.4) is 0 Å². The lowest BCUT2D eigenvalue weighted by Crippen LogP contribution is -2.18. The van der Waals surface area contributed by atoms with Crippen molar-refractivity contribution >= 4 is 43.6 Å². The molecule has 250 valence electrons.